The minimum atomic E-state index is -0.274. The molecular formula is C15H23NO3. The Bertz CT molecular complexity index is 387. The molecule has 0 fully saturated rings. The molecule has 0 saturated carbocycles. The van der Waals surface area contributed by atoms with Crippen LogP contribution in [0.5, 0.6) is 0 Å². The van der Waals surface area contributed by atoms with Gasteiger partial charge in [0.2, 0.25) is 0 Å². The van der Waals surface area contributed by atoms with Crippen LogP contribution in [0.4, 0.5) is 0 Å². The number of rotatable bonds is 7. The van der Waals surface area contributed by atoms with Crippen molar-refractivity contribution in [2.75, 3.05) is 14.2 Å². The number of ether oxygens (including phenoxy) is 2. The molecule has 0 aliphatic heterocycles. The fourth-order valence-corrected chi connectivity index (χ4v) is 1.87. The maximum atomic E-state index is 11.6. The van der Waals surface area contributed by atoms with E-state index in [9.17, 15) is 4.79 Å². The molecule has 0 heterocycles. The Morgan fingerprint density at radius 3 is 2.21 bits per heavy atom. The maximum absolute atomic E-state index is 11.6. The predicted molar refractivity (Wildman–Crippen MR) is 74.6 cm³/mol. The lowest BCUT2D eigenvalue weighted by molar-refractivity contribution is -0.144. The highest BCUT2D eigenvalue weighted by molar-refractivity contribution is 5.75. The monoisotopic (exact) mass is 265 g/mol. The van der Waals surface area contributed by atoms with E-state index in [0.29, 0.717) is 13.2 Å². The minimum Gasteiger partial charge on any atom is -0.468 e. The highest BCUT2D eigenvalue weighted by Crippen LogP contribution is 2.08. The number of hydrogen-bond acceptors (Lipinski definition) is 4. The summed E-state index contributed by atoms with van der Waals surface area (Å²) >= 11 is 0. The van der Waals surface area contributed by atoms with Crippen molar-refractivity contribution >= 4 is 5.97 Å². The van der Waals surface area contributed by atoms with Gasteiger partial charge < -0.3 is 14.8 Å². The lowest BCUT2D eigenvalue weighted by atomic mass is 10.0. The fraction of sp³-hybridized carbons (Fsp3) is 0.533. The van der Waals surface area contributed by atoms with Crippen molar-refractivity contribution in [1.82, 2.24) is 5.32 Å². The molecule has 0 bridgehead atoms. The Labute approximate surface area is 115 Å². The van der Waals surface area contributed by atoms with Gasteiger partial charge in [0.25, 0.3) is 0 Å². The van der Waals surface area contributed by atoms with Crippen molar-refractivity contribution in [1.29, 1.82) is 0 Å². The summed E-state index contributed by atoms with van der Waals surface area (Å²) in [5, 5.41) is 3.23. The summed E-state index contributed by atoms with van der Waals surface area (Å²) in [7, 11) is 3.10. The van der Waals surface area contributed by atoms with Crippen LogP contribution in [0.2, 0.25) is 0 Å². The average Bonchev–Trinajstić information content (AvgIpc) is 2.40. The summed E-state index contributed by atoms with van der Waals surface area (Å²) in [6.45, 7) is 5.25. The van der Waals surface area contributed by atoms with Crippen molar-refractivity contribution in [2.24, 2.45) is 5.92 Å². The van der Waals surface area contributed by atoms with E-state index < -0.39 is 0 Å². The number of carbonyl (C=O) groups is 1. The second-order valence-corrected chi connectivity index (χ2v) is 4.88. The van der Waals surface area contributed by atoms with Gasteiger partial charge in [0.1, 0.15) is 6.04 Å². The summed E-state index contributed by atoms with van der Waals surface area (Å²) in [6.07, 6.45) is 0. The number of methoxy groups -OCH3 is 2. The van der Waals surface area contributed by atoms with E-state index in [2.05, 4.69) is 5.32 Å². The molecule has 1 atom stereocenters. The zero-order valence-electron chi connectivity index (χ0n) is 12.1. The van der Waals surface area contributed by atoms with Gasteiger partial charge in [0.15, 0.2) is 0 Å². The van der Waals surface area contributed by atoms with Crippen LogP contribution >= 0.6 is 0 Å². The first kappa shape index (κ1) is 15.7. The third-order valence-corrected chi connectivity index (χ3v) is 2.98. The number of esters is 1. The molecule has 0 saturated heterocycles. The fourth-order valence-electron chi connectivity index (χ4n) is 1.87. The molecule has 0 spiro atoms. The molecule has 1 unspecified atom stereocenters. The zero-order chi connectivity index (χ0) is 14.3. The molecule has 4 nitrogen and oxygen atoms in total. The Balaban J connectivity index is 2.56. The predicted octanol–water partition coefficient (Wildman–Crippen LogP) is 2.12. The van der Waals surface area contributed by atoms with Crippen LogP contribution in [0.1, 0.15) is 25.0 Å². The van der Waals surface area contributed by atoms with Crippen LogP contribution in [-0.4, -0.2) is 26.2 Å². The van der Waals surface area contributed by atoms with Crippen LogP contribution in [0.25, 0.3) is 0 Å². The molecule has 1 aromatic carbocycles. The number of hydrogen-bond donors (Lipinski definition) is 1. The quantitative estimate of drug-likeness (QED) is 0.767. The first-order chi connectivity index (χ1) is 9.08. The molecule has 1 rings (SSSR count). The summed E-state index contributed by atoms with van der Waals surface area (Å²) < 4.78 is 9.86. The van der Waals surface area contributed by atoms with Crippen molar-refractivity contribution in [3.8, 4) is 0 Å². The van der Waals surface area contributed by atoms with Gasteiger partial charge in [-0.05, 0) is 17.0 Å². The SMILES string of the molecule is COCc1ccc(CNC(C(=O)OC)C(C)C)cc1. The van der Waals surface area contributed by atoms with Crippen LogP contribution in [0.3, 0.4) is 0 Å². The lowest BCUT2D eigenvalue weighted by Gasteiger charge is -2.19. The first-order valence-corrected chi connectivity index (χ1v) is 6.46. The van der Waals surface area contributed by atoms with Gasteiger partial charge in [-0.2, -0.15) is 0 Å². The molecule has 0 aliphatic carbocycles. The summed E-state index contributed by atoms with van der Waals surface area (Å²) in [6, 6.07) is 7.86. The van der Waals surface area contributed by atoms with Crippen molar-refractivity contribution < 1.29 is 14.3 Å². The molecule has 1 aromatic rings. The number of nitrogens with one attached hydrogen (secondary N) is 1. The normalized spacial score (nSPS) is 12.5. The first-order valence-electron chi connectivity index (χ1n) is 6.46. The second-order valence-electron chi connectivity index (χ2n) is 4.88. The minimum absolute atomic E-state index is 0.195. The maximum Gasteiger partial charge on any atom is 0.323 e. The van der Waals surface area contributed by atoms with Crippen molar-refractivity contribution in [3.63, 3.8) is 0 Å². The molecule has 4 heteroatoms. The highest BCUT2D eigenvalue weighted by atomic mass is 16.5. The standard InChI is InChI=1S/C15H23NO3/c1-11(2)14(15(17)19-4)16-9-12-5-7-13(8-6-12)10-18-3/h5-8,11,14,16H,9-10H2,1-4H3. The molecule has 0 amide bonds. The van der Waals surface area contributed by atoms with Gasteiger partial charge in [0.05, 0.1) is 13.7 Å². The molecule has 0 aromatic heterocycles. The number of carbonyl (C=O) groups excluding carboxylic acids is 1. The molecule has 0 aliphatic rings. The van der Waals surface area contributed by atoms with E-state index in [1.54, 1.807) is 7.11 Å². The van der Waals surface area contributed by atoms with Crippen molar-refractivity contribution in [3.05, 3.63) is 35.4 Å². The lowest BCUT2D eigenvalue weighted by Crippen LogP contribution is -2.41. The Kier molecular flexibility index (Phi) is 6.53. The summed E-state index contributed by atoms with van der Waals surface area (Å²) in [5.41, 5.74) is 2.27. The highest BCUT2D eigenvalue weighted by Gasteiger charge is 2.21. The molecule has 0 radical (unpaired) electrons. The van der Waals surface area contributed by atoms with Crippen LogP contribution < -0.4 is 5.32 Å². The van der Waals surface area contributed by atoms with Gasteiger partial charge >= 0.3 is 5.97 Å². The largest absolute Gasteiger partial charge is 0.468 e. The van der Waals surface area contributed by atoms with E-state index in [0.717, 1.165) is 11.1 Å². The Morgan fingerprint density at radius 1 is 1.16 bits per heavy atom. The van der Waals surface area contributed by atoms with E-state index in [4.69, 9.17) is 9.47 Å². The molecule has 19 heavy (non-hydrogen) atoms. The smallest absolute Gasteiger partial charge is 0.323 e. The third kappa shape index (κ3) is 5.01. The van der Waals surface area contributed by atoms with Gasteiger partial charge in [-0.3, -0.25) is 4.79 Å². The van der Waals surface area contributed by atoms with Crippen LogP contribution in [-0.2, 0) is 27.4 Å². The van der Waals surface area contributed by atoms with E-state index in [1.807, 2.05) is 38.1 Å². The van der Waals surface area contributed by atoms with Gasteiger partial charge in [0, 0.05) is 13.7 Å². The van der Waals surface area contributed by atoms with E-state index in [1.165, 1.54) is 7.11 Å². The summed E-state index contributed by atoms with van der Waals surface area (Å²) in [5.74, 6) is -0.0220. The van der Waals surface area contributed by atoms with Crippen LogP contribution in [0.15, 0.2) is 24.3 Å². The van der Waals surface area contributed by atoms with Gasteiger partial charge in [-0.25, -0.2) is 0 Å². The molecule has 1 N–H and O–H groups in total. The Morgan fingerprint density at radius 2 is 1.74 bits per heavy atom. The van der Waals surface area contributed by atoms with E-state index >= 15 is 0 Å². The Hall–Kier alpha value is -1.39. The summed E-state index contributed by atoms with van der Waals surface area (Å²) in [4.78, 5) is 11.6. The van der Waals surface area contributed by atoms with Gasteiger partial charge in [-0.1, -0.05) is 38.1 Å². The van der Waals surface area contributed by atoms with Gasteiger partial charge in [-0.15, -0.1) is 0 Å². The molecule has 106 valence electrons. The topological polar surface area (TPSA) is 47.6 Å². The molecular weight excluding hydrogens is 242 g/mol. The third-order valence-electron chi connectivity index (χ3n) is 2.98. The zero-order valence-corrected chi connectivity index (χ0v) is 12.1. The van der Waals surface area contributed by atoms with Crippen LogP contribution in [0, 0.1) is 5.92 Å². The number of benzene rings is 1. The average molecular weight is 265 g/mol. The van der Waals surface area contributed by atoms with E-state index in [-0.39, 0.29) is 17.9 Å². The second kappa shape index (κ2) is 7.92. The van der Waals surface area contributed by atoms with Crippen molar-refractivity contribution in [2.45, 2.75) is 33.0 Å².